The molecule has 0 amide bonds. The normalized spacial score (nSPS) is 14.0. The molecule has 0 bridgehead atoms. The Morgan fingerprint density at radius 2 is 1.93 bits per heavy atom. The van der Waals surface area contributed by atoms with Crippen LogP contribution in [0.25, 0.3) is 0 Å². The lowest BCUT2D eigenvalue weighted by molar-refractivity contribution is 0.572. The van der Waals surface area contributed by atoms with E-state index in [9.17, 15) is 17.2 Å². The molecular formula is C8H7ClF2O2S. The van der Waals surface area contributed by atoms with Crippen molar-refractivity contribution in [1.29, 1.82) is 0 Å². The molecular weight excluding hydrogens is 234 g/mol. The van der Waals surface area contributed by atoms with Crippen LogP contribution in [0.3, 0.4) is 0 Å². The largest absolute Gasteiger partial charge is 0.239 e. The van der Waals surface area contributed by atoms with E-state index in [4.69, 9.17) is 10.7 Å². The van der Waals surface area contributed by atoms with Crippen LogP contribution in [0.5, 0.6) is 0 Å². The maximum Gasteiger partial charge on any atom is 0.239 e. The Bertz CT molecular complexity index is 445. The highest BCUT2D eigenvalue weighted by Crippen LogP contribution is 2.27. The van der Waals surface area contributed by atoms with Crippen molar-refractivity contribution in [2.45, 2.75) is 12.2 Å². The molecule has 0 aromatic heterocycles. The Hall–Kier alpha value is -0.680. The Morgan fingerprint density at radius 1 is 1.36 bits per heavy atom. The molecule has 0 heterocycles. The van der Waals surface area contributed by atoms with Crippen LogP contribution >= 0.6 is 10.7 Å². The molecule has 0 aliphatic heterocycles. The molecule has 1 aromatic carbocycles. The van der Waals surface area contributed by atoms with Crippen LogP contribution < -0.4 is 0 Å². The highest BCUT2D eigenvalue weighted by atomic mass is 35.7. The van der Waals surface area contributed by atoms with Crippen LogP contribution in [-0.4, -0.2) is 8.42 Å². The van der Waals surface area contributed by atoms with Crippen LogP contribution in [0.15, 0.2) is 18.2 Å². The quantitative estimate of drug-likeness (QED) is 0.745. The van der Waals surface area contributed by atoms with Crippen molar-refractivity contribution in [3.05, 3.63) is 35.4 Å². The minimum Gasteiger partial charge on any atom is -0.212 e. The number of hydrogen-bond acceptors (Lipinski definition) is 2. The molecule has 1 unspecified atom stereocenters. The zero-order chi connectivity index (χ0) is 10.9. The molecule has 1 atom stereocenters. The summed E-state index contributed by atoms with van der Waals surface area (Å²) in [5, 5.41) is -1.26. The predicted octanol–water partition coefficient (Wildman–Crippen LogP) is 2.59. The van der Waals surface area contributed by atoms with E-state index < -0.39 is 25.9 Å². The number of rotatable bonds is 2. The molecule has 6 heteroatoms. The Labute approximate surface area is 84.9 Å². The Balaban J connectivity index is 3.26. The van der Waals surface area contributed by atoms with Crippen LogP contribution in [0, 0.1) is 11.6 Å². The average molecular weight is 241 g/mol. The number of hydrogen-bond donors (Lipinski definition) is 0. The van der Waals surface area contributed by atoms with Gasteiger partial charge >= 0.3 is 0 Å². The molecule has 0 fully saturated rings. The molecule has 0 N–H and O–H groups in total. The number of halogens is 3. The molecule has 0 aliphatic rings. The van der Waals surface area contributed by atoms with Gasteiger partial charge < -0.3 is 0 Å². The minimum atomic E-state index is -3.93. The van der Waals surface area contributed by atoms with Crippen molar-refractivity contribution in [2.24, 2.45) is 0 Å². The summed E-state index contributed by atoms with van der Waals surface area (Å²) in [7, 11) is 1.10. The fraction of sp³-hybridized carbons (Fsp3) is 0.250. The van der Waals surface area contributed by atoms with E-state index in [-0.39, 0.29) is 5.56 Å². The van der Waals surface area contributed by atoms with Gasteiger partial charge in [0.2, 0.25) is 9.05 Å². The van der Waals surface area contributed by atoms with Gasteiger partial charge in [-0.1, -0.05) is 0 Å². The van der Waals surface area contributed by atoms with Crippen LogP contribution in [0.2, 0.25) is 0 Å². The predicted molar refractivity (Wildman–Crippen MR) is 49.5 cm³/mol. The van der Waals surface area contributed by atoms with Gasteiger partial charge in [0, 0.05) is 16.2 Å². The SMILES string of the molecule is CC(c1cc(F)ccc1F)S(=O)(=O)Cl. The van der Waals surface area contributed by atoms with Gasteiger partial charge in [-0.2, -0.15) is 0 Å². The topological polar surface area (TPSA) is 34.1 Å². The minimum absolute atomic E-state index is 0.264. The average Bonchev–Trinajstić information content (AvgIpc) is 2.06. The number of benzene rings is 1. The van der Waals surface area contributed by atoms with Crippen molar-refractivity contribution in [1.82, 2.24) is 0 Å². The van der Waals surface area contributed by atoms with Gasteiger partial charge in [-0.25, -0.2) is 17.2 Å². The highest BCUT2D eigenvalue weighted by molar-refractivity contribution is 8.13. The fourth-order valence-corrected chi connectivity index (χ4v) is 1.75. The molecule has 1 rings (SSSR count). The molecule has 0 saturated carbocycles. The van der Waals surface area contributed by atoms with Crippen molar-refractivity contribution in [3.8, 4) is 0 Å². The third kappa shape index (κ3) is 2.42. The second kappa shape index (κ2) is 3.82. The lowest BCUT2D eigenvalue weighted by Crippen LogP contribution is -2.05. The van der Waals surface area contributed by atoms with Gasteiger partial charge in [-0.3, -0.25) is 0 Å². The third-order valence-electron chi connectivity index (χ3n) is 1.82. The maximum absolute atomic E-state index is 13.1. The molecule has 0 saturated heterocycles. The van der Waals surface area contributed by atoms with E-state index in [1.54, 1.807) is 0 Å². The second-order valence-corrected chi connectivity index (χ2v) is 5.73. The summed E-state index contributed by atoms with van der Waals surface area (Å²) in [6.45, 7) is 1.19. The first-order valence-corrected chi connectivity index (χ1v) is 6.08. The highest BCUT2D eigenvalue weighted by Gasteiger charge is 2.23. The van der Waals surface area contributed by atoms with E-state index in [1.807, 2.05) is 0 Å². The van der Waals surface area contributed by atoms with E-state index in [2.05, 4.69) is 0 Å². The molecule has 0 spiro atoms. The second-order valence-electron chi connectivity index (χ2n) is 2.78. The Kier molecular flexibility index (Phi) is 3.11. The first-order valence-electron chi connectivity index (χ1n) is 3.71. The van der Waals surface area contributed by atoms with Gasteiger partial charge in [0.25, 0.3) is 0 Å². The molecule has 0 aliphatic carbocycles. The summed E-state index contributed by atoms with van der Waals surface area (Å²) < 4.78 is 47.5. The molecule has 2 nitrogen and oxygen atoms in total. The van der Waals surface area contributed by atoms with Crippen LogP contribution in [-0.2, 0) is 9.05 Å². The van der Waals surface area contributed by atoms with Crippen LogP contribution in [0.4, 0.5) is 8.78 Å². The molecule has 78 valence electrons. The zero-order valence-corrected chi connectivity index (χ0v) is 8.74. The van der Waals surface area contributed by atoms with Crippen LogP contribution in [0.1, 0.15) is 17.7 Å². The third-order valence-corrected chi connectivity index (χ3v) is 3.72. The van der Waals surface area contributed by atoms with E-state index in [0.29, 0.717) is 0 Å². The summed E-state index contributed by atoms with van der Waals surface area (Å²) in [6.07, 6.45) is 0. The monoisotopic (exact) mass is 240 g/mol. The summed E-state index contributed by atoms with van der Waals surface area (Å²) in [5.74, 6) is -1.49. The molecule has 0 radical (unpaired) electrons. The summed E-state index contributed by atoms with van der Waals surface area (Å²) in [4.78, 5) is 0. The van der Waals surface area contributed by atoms with Crippen molar-refractivity contribution in [3.63, 3.8) is 0 Å². The summed E-state index contributed by atoms with van der Waals surface area (Å²) in [5.41, 5.74) is -0.264. The summed E-state index contributed by atoms with van der Waals surface area (Å²) >= 11 is 0. The first kappa shape index (κ1) is 11.4. The van der Waals surface area contributed by atoms with Gasteiger partial charge in [0.05, 0.1) is 0 Å². The zero-order valence-electron chi connectivity index (χ0n) is 7.17. The van der Waals surface area contributed by atoms with Crippen molar-refractivity contribution >= 4 is 19.7 Å². The van der Waals surface area contributed by atoms with Gasteiger partial charge in [-0.15, -0.1) is 0 Å². The van der Waals surface area contributed by atoms with Gasteiger partial charge in [0.15, 0.2) is 0 Å². The Morgan fingerprint density at radius 3 is 2.43 bits per heavy atom. The molecule has 14 heavy (non-hydrogen) atoms. The molecule has 1 aromatic rings. The van der Waals surface area contributed by atoms with Gasteiger partial charge in [0.1, 0.15) is 16.9 Å². The fourth-order valence-electron chi connectivity index (χ4n) is 0.978. The summed E-state index contributed by atoms with van der Waals surface area (Å²) in [6, 6.07) is 2.59. The maximum atomic E-state index is 13.1. The van der Waals surface area contributed by atoms with E-state index in [0.717, 1.165) is 18.2 Å². The standard InChI is InChI=1S/C8H7ClF2O2S/c1-5(14(9,12)13)7-4-6(10)2-3-8(7)11/h2-5H,1H3. The first-order chi connectivity index (χ1) is 6.32. The smallest absolute Gasteiger partial charge is 0.212 e. The van der Waals surface area contributed by atoms with E-state index >= 15 is 0 Å². The lowest BCUT2D eigenvalue weighted by atomic mass is 10.1. The van der Waals surface area contributed by atoms with Gasteiger partial charge in [-0.05, 0) is 25.1 Å². The lowest BCUT2D eigenvalue weighted by Gasteiger charge is -2.08. The van der Waals surface area contributed by atoms with Crippen molar-refractivity contribution < 1.29 is 17.2 Å². The van der Waals surface area contributed by atoms with Crippen molar-refractivity contribution in [2.75, 3.05) is 0 Å². The van der Waals surface area contributed by atoms with E-state index in [1.165, 1.54) is 6.92 Å².